The van der Waals surface area contributed by atoms with Gasteiger partial charge < -0.3 is 15.2 Å². The molecule has 0 aliphatic heterocycles. The molecule has 1 aromatic rings. The Labute approximate surface area is 113 Å². The SMILES string of the molecule is COCC1(CNC(=O)[C@H](C)c2ccc(O)cc2)CC1. The van der Waals surface area contributed by atoms with Crippen molar-refractivity contribution < 1.29 is 14.6 Å². The molecule has 0 unspecified atom stereocenters. The van der Waals surface area contributed by atoms with Crippen LogP contribution < -0.4 is 5.32 Å². The van der Waals surface area contributed by atoms with Crippen LogP contribution in [0.5, 0.6) is 5.75 Å². The summed E-state index contributed by atoms with van der Waals surface area (Å²) in [4.78, 5) is 12.1. The van der Waals surface area contributed by atoms with Gasteiger partial charge in [0, 0.05) is 19.1 Å². The lowest BCUT2D eigenvalue weighted by atomic mass is 9.99. The molecule has 4 heteroatoms. The molecule has 1 aromatic carbocycles. The fourth-order valence-electron chi connectivity index (χ4n) is 2.20. The molecule has 1 atom stereocenters. The van der Waals surface area contributed by atoms with Gasteiger partial charge in [0.05, 0.1) is 12.5 Å². The summed E-state index contributed by atoms with van der Waals surface area (Å²) in [6.07, 6.45) is 2.24. The quantitative estimate of drug-likeness (QED) is 0.825. The van der Waals surface area contributed by atoms with Crippen LogP contribution in [0.1, 0.15) is 31.2 Å². The van der Waals surface area contributed by atoms with E-state index in [4.69, 9.17) is 4.74 Å². The van der Waals surface area contributed by atoms with Gasteiger partial charge in [0.15, 0.2) is 0 Å². The molecule has 1 amide bonds. The fraction of sp³-hybridized carbons (Fsp3) is 0.533. The Bertz CT molecular complexity index is 437. The largest absolute Gasteiger partial charge is 0.508 e. The van der Waals surface area contributed by atoms with Crippen LogP contribution in [0.3, 0.4) is 0 Å². The third kappa shape index (κ3) is 3.47. The van der Waals surface area contributed by atoms with Gasteiger partial charge in [-0.1, -0.05) is 12.1 Å². The molecule has 1 aliphatic carbocycles. The van der Waals surface area contributed by atoms with Crippen molar-refractivity contribution >= 4 is 5.91 Å². The number of hydrogen-bond donors (Lipinski definition) is 2. The molecule has 0 heterocycles. The first kappa shape index (κ1) is 13.9. The molecule has 0 aromatic heterocycles. The van der Waals surface area contributed by atoms with Gasteiger partial charge in [-0.3, -0.25) is 4.79 Å². The average Bonchev–Trinajstić information content (AvgIpc) is 3.17. The van der Waals surface area contributed by atoms with E-state index >= 15 is 0 Å². The van der Waals surface area contributed by atoms with Gasteiger partial charge >= 0.3 is 0 Å². The number of carbonyl (C=O) groups is 1. The highest BCUT2D eigenvalue weighted by molar-refractivity contribution is 5.83. The number of methoxy groups -OCH3 is 1. The number of phenols is 1. The van der Waals surface area contributed by atoms with Crippen molar-refractivity contribution in [1.29, 1.82) is 0 Å². The highest BCUT2D eigenvalue weighted by atomic mass is 16.5. The molecule has 0 radical (unpaired) electrons. The maximum atomic E-state index is 12.1. The normalized spacial score (nSPS) is 17.8. The Hall–Kier alpha value is -1.55. The maximum absolute atomic E-state index is 12.1. The van der Waals surface area contributed by atoms with Gasteiger partial charge in [-0.25, -0.2) is 0 Å². The second kappa shape index (κ2) is 5.61. The molecule has 2 N–H and O–H groups in total. The maximum Gasteiger partial charge on any atom is 0.227 e. The smallest absolute Gasteiger partial charge is 0.227 e. The van der Waals surface area contributed by atoms with E-state index in [1.54, 1.807) is 31.4 Å². The number of nitrogens with one attached hydrogen (secondary N) is 1. The van der Waals surface area contributed by atoms with Crippen molar-refractivity contribution in [1.82, 2.24) is 5.32 Å². The molecule has 0 bridgehead atoms. The Morgan fingerprint density at radius 2 is 2.05 bits per heavy atom. The number of carbonyl (C=O) groups excluding carboxylic acids is 1. The third-order valence-electron chi connectivity index (χ3n) is 3.83. The molecular weight excluding hydrogens is 242 g/mol. The first-order valence-electron chi connectivity index (χ1n) is 6.62. The van der Waals surface area contributed by atoms with E-state index < -0.39 is 0 Å². The highest BCUT2D eigenvalue weighted by Gasteiger charge is 2.42. The van der Waals surface area contributed by atoms with E-state index in [9.17, 15) is 9.90 Å². The topological polar surface area (TPSA) is 58.6 Å². The van der Waals surface area contributed by atoms with E-state index in [2.05, 4.69) is 5.32 Å². The van der Waals surface area contributed by atoms with E-state index in [-0.39, 0.29) is 23.0 Å². The number of benzene rings is 1. The summed E-state index contributed by atoms with van der Waals surface area (Å²) in [6, 6.07) is 6.77. The summed E-state index contributed by atoms with van der Waals surface area (Å²) in [5.41, 5.74) is 1.07. The van der Waals surface area contributed by atoms with E-state index in [1.165, 1.54) is 0 Å². The van der Waals surface area contributed by atoms with Gasteiger partial charge in [-0.2, -0.15) is 0 Å². The van der Waals surface area contributed by atoms with E-state index in [0.29, 0.717) is 13.2 Å². The minimum absolute atomic E-state index is 0.0214. The van der Waals surface area contributed by atoms with Gasteiger partial charge in [0.2, 0.25) is 5.91 Å². The number of phenolic OH excluding ortho intramolecular Hbond substituents is 1. The molecule has 1 saturated carbocycles. The fourth-order valence-corrected chi connectivity index (χ4v) is 2.20. The van der Waals surface area contributed by atoms with Crippen LogP contribution in [0.2, 0.25) is 0 Å². The van der Waals surface area contributed by atoms with Crippen molar-refractivity contribution in [3.8, 4) is 5.75 Å². The average molecular weight is 263 g/mol. The first-order valence-corrected chi connectivity index (χ1v) is 6.62. The van der Waals surface area contributed by atoms with Crippen LogP contribution in [0, 0.1) is 5.41 Å². The zero-order valence-corrected chi connectivity index (χ0v) is 11.5. The minimum Gasteiger partial charge on any atom is -0.508 e. The molecule has 4 nitrogen and oxygen atoms in total. The zero-order valence-electron chi connectivity index (χ0n) is 11.5. The Morgan fingerprint density at radius 3 is 2.58 bits per heavy atom. The van der Waals surface area contributed by atoms with Gasteiger partial charge in [-0.15, -0.1) is 0 Å². The molecule has 19 heavy (non-hydrogen) atoms. The van der Waals surface area contributed by atoms with E-state index in [1.807, 2.05) is 6.92 Å². The van der Waals surface area contributed by atoms with E-state index in [0.717, 1.165) is 18.4 Å². The monoisotopic (exact) mass is 263 g/mol. The Kier molecular flexibility index (Phi) is 4.10. The summed E-state index contributed by atoms with van der Waals surface area (Å²) >= 11 is 0. The zero-order chi connectivity index (χ0) is 13.9. The summed E-state index contributed by atoms with van der Waals surface area (Å²) in [7, 11) is 1.70. The third-order valence-corrected chi connectivity index (χ3v) is 3.83. The number of ether oxygens (including phenoxy) is 1. The number of amides is 1. The number of aromatic hydroxyl groups is 1. The molecule has 1 fully saturated rings. The van der Waals surface area contributed by atoms with Crippen molar-refractivity contribution in [2.75, 3.05) is 20.3 Å². The second-order valence-electron chi connectivity index (χ2n) is 5.46. The Morgan fingerprint density at radius 1 is 1.42 bits per heavy atom. The summed E-state index contributed by atoms with van der Waals surface area (Å²) in [5, 5.41) is 12.2. The summed E-state index contributed by atoms with van der Waals surface area (Å²) in [6.45, 7) is 3.26. The van der Waals surface area contributed by atoms with Gasteiger partial charge in [0.25, 0.3) is 0 Å². The van der Waals surface area contributed by atoms with Gasteiger partial charge in [0.1, 0.15) is 5.75 Å². The predicted molar refractivity (Wildman–Crippen MR) is 73.1 cm³/mol. The predicted octanol–water partition coefficient (Wildman–Crippen LogP) is 2.04. The lowest BCUT2D eigenvalue weighted by Gasteiger charge is -2.17. The Balaban J connectivity index is 1.87. The van der Waals surface area contributed by atoms with Crippen LogP contribution in [-0.4, -0.2) is 31.3 Å². The van der Waals surface area contributed by atoms with Crippen LogP contribution in [0.4, 0.5) is 0 Å². The molecule has 2 rings (SSSR count). The second-order valence-corrected chi connectivity index (χ2v) is 5.46. The summed E-state index contributed by atoms with van der Waals surface area (Å²) < 4.78 is 5.18. The van der Waals surface area contributed by atoms with Crippen LogP contribution >= 0.6 is 0 Å². The molecular formula is C15H21NO3. The van der Waals surface area contributed by atoms with Gasteiger partial charge in [-0.05, 0) is 37.5 Å². The van der Waals surface area contributed by atoms with Crippen molar-refractivity contribution in [2.45, 2.75) is 25.7 Å². The molecule has 104 valence electrons. The lowest BCUT2D eigenvalue weighted by Crippen LogP contribution is -2.34. The molecule has 1 aliphatic rings. The van der Waals surface area contributed by atoms with Crippen LogP contribution in [0.25, 0.3) is 0 Å². The first-order chi connectivity index (χ1) is 9.06. The minimum atomic E-state index is -0.209. The van der Waals surface area contributed by atoms with Crippen molar-refractivity contribution in [2.24, 2.45) is 5.41 Å². The van der Waals surface area contributed by atoms with Crippen molar-refractivity contribution in [3.63, 3.8) is 0 Å². The summed E-state index contributed by atoms with van der Waals surface area (Å²) in [5.74, 6) is 0.0281. The van der Waals surface area contributed by atoms with Crippen LogP contribution in [0.15, 0.2) is 24.3 Å². The lowest BCUT2D eigenvalue weighted by molar-refractivity contribution is -0.122. The van der Waals surface area contributed by atoms with Crippen LogP contribution in [-0.2, 0) is 9.53 Å². The van der Waals surface area contributed by atoms with Crippen molar-refractivity contribution in [3.05, 3.63) is 29.8 Å². The number of hydrogen-bond acceptors (Lipinski definition) is 3. The number of rotatable bonds is 6. The molecule has 0 saturated heterocycles. The standard InChI is InChI=1S/C15H21NO3/c1-11(12-3-5-13(17)6-4-12)14(18)16-9-15(7-8-15)10-19-2/h3-6,11,17H,7-10H2,1-2H3,(H,16,18)/t11-/m1/s1. The highest BCUT2D eigenvalue weighted by Crippen LogP contribution is 2.45. The molecule has 0 spiro atoms.